The average Bonchev–Trinajstić information content (AvgIpc) is 2.37. The molecular weight excluding hydrogens is 228 g/mol. The first-order valence-corrected chi connectivity index (χ1v) is 6.32. The van der Waals surface area contributed by atoms with Gasteiger partial charge in [-0.05, 0) is 24.1 Å². The van der Waals surface area contributed by atoms with Crippen LogP contribution in [0.3, 0.4) is 0 Å². The highest BCUT2D eigenvalue weighted by Crippen LogP contribution is 2.11. The van der Waals surface area contributed by atoms with Crippen molar-refractivity contribution in [3.05, 3.63) is 29.8 Å². The molecule has 0 aliphatic carbocycles. The lowest BCUT2D eigenvalue weighted by Crippen LogP contribution is -2.44. The first-order valence-electron chi connectivity index (χ1n) is 6.32. The van der Waals surface area contributed by atoms with Crippen molar-refractivity contribution in [1.82, 2.24) is 10.2 Å². The SMILES string of the molecule is NC(=O)Nc1cccc(CCN2CCNCC2)c1. The number of anilines is 1. The molecule has 1 aliphatic heterocycles. The minimum atomic E-state index is -0.519. The molecular formula is C13H20N4O. The summed E-state index contributed by atoms with van der Waals surface area (Å²) < 4.78 is 0. The zero-order valence-electron chi connectivity index (χ0n) is 10.5. The molecule has 0 unspecified atom stereocenters. The lowest BCUT2D eigenvalue weighted by Gasteiger charge is -2.27. The van der Waals surface area contributed by atoms with Gasteiger partial charge in [-0.25, -0.2) is 4.79 Å². The molecule has 1 saturated heterocycles. The van der Waals surface area contributed by atoms with Crippen molar-refractivity contribution >= 4 is 11.7 Å². The number of benzene rings is 1. The second-order valence-corrected chi connectivity index (χ2v) is 4.53. The molecule has 1 aromatic rings. The Hall–Kier alpha value is -1.59. The predicted octanol–water partition coefficient (Wildman–Crippen LogP) is 0.625. The van der Waals surface area contributed by atoms with Gasteiger partial charge in [0, 0.05) is 38.4 Å². The molecule has 4 N–H and O–H groups in total. The van der Waals surface area contributed by atoms with Crippen LogP contribution in [0.4, 0.5) is 10.5 Å². The highest BCUT2D eigenvalue weighted by Gasteiger charge is 2.09. The standard InChI is InChI=1S/C13H20N4O/c14-13(18)16-12-3-1-2-11(10-12)4-7-17-8-5-15-6-9-17/h1-3,10,15H,4-9H2,(H3,14,16,18). The van der Waals surface area contributed by atoms with E-state index in [9.17, 15) is 4.79 Å². The number of nitrogens with one attached hydrogen (secondary N) is 2. The van der Waals surface area contributed by atoms with Crippen molar-refractivity contribution in [2.75, 3.05) is 38.0 Å². The fraction of sp³-hybridized carbons (Fsp3) is 0.462. The Morgan fingerprint density at radius 3 is 2.89 bits per heavy atom. The molecule has 2 amide bonds. The molecule has 1 aliphatic rings. The Morgan fingerprint density at radius 1 is 1.39 bits per heavy atom. The maximum Gasteiger partial charge on any atom is 0.316 e. The van der Waals surface area contributed by atoms with E-state index in [-0.39, 0.29) is 0 Å². The largest absolute Gasteiger partial charge is 0.351 e. The van der Waals surface area contributed by atoms with E-state index in [4.69, 9.17) is 5.73 Å². The van der Waals surface area contributed by atoms with Crippen molar-refractivity contribution < 1.29 is 4.79 Å². The summed E-state index contributed by atoms with van der Waals surface area (Å²) in [5.74, 6) is 0. The number of primary amides is 1. The van der Waals surface area contributed by atoms with Crippen LogP contribution in [-0.4, -0.2) is 43.7 Å². The summed E-state index contributed by atoms with van der Waals surface area (Å²) in [6.07, 6.45) is 0.994. The third-order valence-electron chi connectivity index (χ3n) is 3.12. The number of carbonyl (C=O) groups is 1. The topological polar surface area (TPSA) is 70.4 Å². The Bertz CT molecular complexity index is 402. The van der Waals surface area contributed by atoms with Gasteiger partial charge in [0.05, 0.1) is 0 Å². The van der Waals surface area contributed by atoms with Crippen LogP contribution in [-0.2, 0) is 6.42 Å². The van der Waals surface area contributed by atoms with Crippen LogP contribution < -0.4 is 16.4 Å². The third kappa shape index (κ3) is 4.01. The number of rotatable bonds is 4. The van der Waals surface area contributed by atoms with E-state index < -0.39 is 6.03 Å². The number of hydrogen-bond acceptors (Lipinski definition) is 3. The summed E-state index contributed by atoms with van der Waals surface area (Å²) in [5.41, 5.74) is 7.09. The van der Waals surface area contributed by atoms with Gasteiger partial charge in [0.25, 0.3) is 0 Å². The predicted molar refractivity (Wildman–Crippen MR) is 72.7 cm³/mol. The number of urea groups is 1. The summed E-state index contributed by atoms with van der Waals surface area (Å²) in [6.45, 7) is 5.42. The summed E-state index contributed by atoms with van der Waals surface area (Å²) in [5, 5.41) is 5.94. The Balaban J connectivity index is 1.86. The van der Waals surface area contributed by atoms with E-state index in [1.807, 2.05) is 18.2 Å². The van der Waals surface area contributed by atoms with Gasteiger partial charge in [0.15, 0.2) is 0 Å². The molecule has 2 rings (SSSR count). The van der Waals surface area contributed by atoms with Crippen molar-refractivity contribution in [3.63, 3.8) is 0 Å². The molecule has 18 heavy (non-hydrogen) atoms. The molecule has 0 radical (unpaired) electrons. The molecule has 0 saturated carbocycles. The molecule has 0 spiro atoms. The highest BCUT2D eigenvalue weighted by atomic mass is 16.2. The second-order valence-electron chi connectivity index (χ2n) is 4.53. The van der Waals surface area contributed by atoms with Crippen LogP contribution in [0, 0.1) is 0 Å². The maximum atomic E-state index is 10.8. The highest BCUT2D eigenvalue weighted by molar-refractivity contribution is 5.87. The van der Waals surface area contributed by atoms with Gasteiger partial charge >= 0.3 is 6.03 Å². The van der Waals surface area contributed by atoms with Gasteiger partial charge in [-0.3, -0.25) is 0 Å². The fourth-order valence-electron chi connectivity index (χ4n) is 2.17. The van der Waals surface area contributed by atoms with E-state index in [0.29, 0.717) is 0 Å². The first kappa shape index (κ1) is 12.9. The molecule has 0 bridgehead atoms. The van der Waals surface area contributed by atoms with Crippen LogP contribution >= 0.6 is 0 Å². The van der Waals surface area contributed by atoms with Crippen LogP contribution in [0.25, 0.3) is 0 Å². The summed E-state index contributed by atoms with van der Waals surface area (Å²) >= 11 is 0. The first-order chi connectivity index (χ1) is 8.74. The number of hydrogen-bond donors (Lipinski definition) is 3. The number of amides is 2. The van der Waals surface area contributed by atoms with E-state index in [1.165, 1.54) is 5.56 Å². The van der Waals surface area contributed by atoms with Gasteiger partial charge in [0.1, 0.15) is 0 Å². The van der Waals surface area contributed by atoms with E-state index in [1.54, 1.807) is 0 Å². The Labute approximate surface area is 107 Å². The maximum absolute atomic E-state index is 10.8. The molecule has 5 heteroatoms. The van der Waals surface area contributed by atoms with Crippen molar-refractivity contribution in [3.8, 4) is 0 Å². The van der Waals surface area contributed by atoms with E-state index >= 15 is 0 Å². The second kappa shape index (κ2) is 6.37. The normalized spacial score (nSPS) is 16.4. The zero-order valence-corrected chi connectivity index (χ0v) is 10.5. The average molecular weight is 248 g/mol. The van der Waals surface area contributed by atoms with Crippen LogP contribution in [0.2, 0.25) is 0 Å². The molecule has 98 valence electrons. The quantitative estimate of drug-likeness (QED) is 0.731. The van der Waals surface area contributed by atoms with Gasteiger partial charge in [-0.1, -0.05) is 12.1 Å². The Kier molecular flexibility index (Phi) is 4.55. The number of nitrogens with two attached hydrogens (primary N) is 1. The zero-order chi connectivity index (χ0) is 12.8. The number of piperazine rings is 1. The molecule has 1 heterocycles. The van der Waals surface area contributed by atoms with Crippen molar-refractivity contribution in [2.45, 2.75) is 6.42 Å². The molecule has 1 aromatic carbocycles. The molecule has 0 aromatic heterocycles. The molecule has 0 atom stereocenters. The Morgan fingerprint density at radius 2 is 2.17 bits per heavy atom. The molecule has 1 fully saturated rings. The van der Waals surface area contributed by atoms with Gasteiger partial charge in [-0.2, -0.15) is 0 Å². The van der Waals surface area contributed by atoms with Crippen molar-refractivity contribution in [1.29, 1.82) is 0 Å². The summed E-state index contributed by atoms with van der Waals surface area (Å²) in [6, 6.07) is 7.33. The monoisotopic (exact) mass is 248 g/mol. The molecule has 5 nitrogen and oxygen atoms in total. The summed E-state index contributed by atoms with van der Waals surface area (Å²) in [7, 11) is 0. The smallest absolute Gasteiger partial charge is 0.316 e. The van der Waals surface area contributed by atoms with E-state index in [2.05, 4.69) is 21.6 Å². The van der Waals surface area contributed by atoms with Crippen LogP contribution in [0.15, 0.2) is 24.3 Å². The van der Waals surface area contributed by atoms with E-state index in [0.717, 1.165) is 44.8 Å². The number of carbonyl (C=O) groups excluding carboxylic acids is 1. The van der Waals surface area contributed by atoms with Crippen molar-refractivity contribution in [2.24, 2.45) is 5.73 Å². The van der Waals surface area contributed by atoms with Gasteiger partial charge in [-0.15, -0.1) is 0 Å². The minimum absolute atomic E-state index is 0.519. The third-order valence-corrected chi connectivity index (χ3v) is 3.12. The van der Waals surface area contributed by atoms with Gasteiger partial charge in [0.2, 0.25) is 0 Å². The summed E-state index contributed by atoms with van der Waals surface area (Å²) in [4.78, 5) is 13.2. The van der Waals surface area contributed by atoms with Crippen LogP contribution in [0.1, 0.15) is 5.56 Å². The number of nitrogens with zero attached hydrogens (tertiary/aromatic N) is 1. The van der Waals surface area contributed by atoms with Crippen LogP contribution in [0.5, 0.6) is 0 Å². The van der Waals surface area contributed by atoms with Gasteiger partial charge < -0.3 is 21.3 Å². The minimum Gasteiger partial charge on any atom is -0.351 e. The lowest BCUT2D eigenvalue weighted by atomic mass is 10.1. The fourth-order valence-corrected chi connectivity index (χ4v) is 2.17. The lowest BCUT2D eigenvalue weighted by molar-refractivity contribution is 0.244.